The normalized spacial score (nSPS) is 19.0. The number of aromatic nitrogens is 1. The van der Waals surface area contributed by atoms with Crippen LogP contribution in [0.3, 0.4) is 0 Å². The molecule has 0 spiro atoms. The number of rotatable bonds is 11. The molecule has 2 aliphatic heterocycles. The van der Waals surface area contributed by atoms with Gasteiger partial charge in [-0.05, 0) is 42.2 Å². The molecule has 2 aliphatic rings. The van der Waals surface area contributed by atoms with E-state index in [-0.39, 0.29) is 19.2 Å². The van der Waals surface area contributed by atoms with E-state index in [9.17, 15) is 4.79 Å². The van der Waals surface area contributed by atoms with Crippen molar-refractivity contribution in [1.29, 1.82) is 0 Å². The molecule has 8 nitrogen and oxygen atoms in total. The Labute approximate surface area is 269 Å². The van der Waals surface area contributed by atoms with Crippen molar-refractivity contribution >= 4 is 40.1 Å². The number of piperazine rings is 1. The second-order valence-corrected chi connectivity index (χ2v) is 12.0. The molecule has 0 saturated carbocycles. The molecule has 0 unspecified atom stereocenters. The molecule has 0 aliphatic carbocycles. The number of nitrogens with zero attached hydrogens (tertiary/aromatic N) is 3. The fourth-order valence-electron chi connectivity index (χ4n) is 5.52. The highest BCUT2D eigenvalue weighted by molar-refractivity contribution is 7.11. The third-order valence-corrected chi connectivity index (χ3v) is 9.06. The van der Waals surface area contributed by atoms with Crippen molar-refractivity contribution < 1.29 is 19.0 Å². The minimum Gasteiger partial charge on any atom is -0.382 e. The van der Waals surface area contributed by atoms with E-state index < -0.39 is 0 Å². The molecule has 44 heavy (non-hydrogen) atoms. The van der Waals surface area contributed by atoms with Gasteiger partial charge in [0.15, 0.2) is 0 Å². The summed E-state index contributed by atoms with van der Waals surface area (Å²) in [6.07, 6.45) is 3.69. The van der Waals surface area contributed by atoms with Gasteiger partial charge in [-0.2, -0.15) is 0 Å². The zero-order valence-corrected chi connectivity index (χ0v) is 27.3. The highest BCUT2D eigenvalue weighted by Crippen LogP contribution is 2.35. The molecule has 5 rings (SSSR count). The fourth-order valence-corrected chi connectivity index (χ4v) is 6.48. The zero-order valence-electron chi connectivity index (χ0n) is 25.7. The lowest BCUT2D eigenvalue weighted by Gasteiger charge is -2.35. The van der Waals surface area contributed by atoms with Crippen LogP contribution in [-0.2, 0) is 31.8 Å². The Balaban J connectivity index is 1.66. The van der Waals surface area contributed by atoms with Crippen LogP contribution in [0.25, 0.3) is 16.8 Å². The monoisotopic (exact) mass is 636 g/mol. The second-order valence-electron chi connectivity index (χ2n) is 10.7. The number of carbonyl (C=O) groups excluding carboxylic acids is 1. The summed E-state index contributed by atoms with van der Waals surface area (Å²) in [5, 5.41) is 6.90. The standard InChI is InChI=1S/C34H41ClN4O4S/c1-4-24-7-6-8-25(5-2)32(24)39-23-43-20-27(33-37-30(22-44-33)26-9-11-28(35)12-10-26)19-29(31(39)21-42-18-17-41-3)34(40)38-15-13-36-14-16-38/h6-12,19,22,36H,4-5,13-18,20-21,23H2,1-3H3/b27-19+,31-29+. The molecular formula is C34H41ClN4O4S. The van der Waals surface area contributed by atoms with E-state index >= 15 is 0 Å². The Bertz CT molecular complexity index is 1460. The van der Waals surface area contributed by atoms with Crippen LogP contribution in [0, 0.1) is 0 Å². The molecule has 0 bridgehead atoms. The highest BCUT2D eigenvalue weighted by atomic mass is 35.5. The van der Waals surface area contributed by atoms with Crippen molar-refractivity contribution in [3.8, 4) is 11.3 Å². The van der Waals surface area contributed by atoms with Crippen LogP contribution >= 0.6 is 22.9 Å². The number of ether oxygens (including phenoxy) is 3. The van der Waals surface area contributed by atoms with E-state index in [4.69, 9.17) is 30.8 Å². The Morgan fingerprint density at radius 2 is 1.80 bits per heavy atom. The van der Waals surface area contributed by atoms with E-state index in [0.29, 0.717) is 43.5 Å². The highest BCUT2D eigenvalue weighted by Gasteiger charge is 2.30. The van der Waals surface area contributed by atoms with Crippen molar-refractivity contribution in [2.24, 2.45) is 0 Å². The third-order valence-electron chi connectivity index (χ3n) is 7.89. The number of hydrogen-bond acceptors (Lipinski definition) is 8. The molecule has 1 saturated heterocycles. The molecule has 0 atom stereocenters. The predicted octanol–water partition coefficient (Wildman–Crippen LogP) is 5.81. The van der Waals surface area contributed by atoms with E-state index in [0.717, 1.165) is 59.2 Å². The lowest BCUT2D eigenvalue weighted by atomic mass is 9.99. The first-order chi connectivity index (χ1) is 21.5. The number of hydrogen-bond donors (Lipinski definition) is 1. The molecule has 1 aromatic heterocycles. The van der Waals surface area contributed by atoms with Crippen LogP contribution in [0.15, 0.2) is 65.2 Å². The molecular weight excluding hydrogens is 596 g/mol. The molecule has 234 valence electrons. The SMILES string of the molecule is CCc1cccc(CC)c1N1COC/C(c2nc(-c3ccc(Cl)cc3)cs2)=C\C(C(=O)N2CCNCC2)=C/1COCCOC. The van der Waals surface area contributed by atoms with Crippen LogP contribution in [0.5, 0.6) is 0 Å². The van der Waals surface area contributed by atoms with Crippen LogP contribution in [0.1, 0.15) is 30.0 Å². The van der Waals surface area contributed by atoms with Gasteiger partial charge in [0.05, 0.1) is 43.4 Å². The second kappa shape index (κ2) is 15.8. The quantitative estimate of drug-likeness (QED) is 0.266. The van der Waals surface area contributed by atoms with Gasteiger partial charge in [-0.1, -0.05) is 55.8 Å². The summed E-state index contributed by atoms with van der Waals surface area (Å²) in [6, 6.07) is 14.1. The van der Waals surface area contributed by atoms with E-state index in [1.54, 1.807) is 18.4 Å². The van der Waals surface area contributed by atoms with Gasteiger partial charge in [0.1, 0.15) is 11.7 Å². The lowest BCUT2D eigenvalue weighted by molar-refractivity contribution is -0.127. The summed E-state index contributed by atoms with van der Waals surface area (Å²) in [5.41, 5.74) is 7.59. The topological polar surface area (TPSA) is 76.2 Å². The first kappa shape index (κ1) is 32.3. The van der Waals surface area contributed by atoms with E-state index in [2.05, 4.69) is 42.3 Å². The van der Waals surface area contributed by atoms with Crippen molar-refractivity contribution in [2.75, 3.05) is 71.3 Å². The van der Waals surface area contributed by atoms with Gasteiger partial charge in [-0.15, -0.1) is 11.3 Å². The van der Waals surface area contributed by atoms with Crippen LogP contribution in [0.2, 0.25) is 5.02 Å². The zero-order chi connectivity index (χ0) is 30.9. The average Bonchev–Trinajstić information content (AvgIpc) is 3.54. The van der Waals surface area contributed by atoms with Gasteiger partial charge < -0.3 is 29.3 Å². The Kier molecular flexibility index (Phi) is 11.6. The summed E-state index contributed by atoms with van der Waals surface area (Å²) in [6.45, 7) is 8.83. The summed E-state index contributed by atoms with van der Waals surface area (Å²) >= 11 is 7.67. The predicted molar refractivity (Wildman–Crippen MR) is 178 cm³/mol. The molecule has 1 fully saturated rings. The summed E-state index contributed by atoms with van der Waals surface area (Å²) in [7, 11) is 1.66. The minimum atomic E-state index is -0.0113. The largest absolute Gasteiger partial charge is 0.382 e. The molecule has 10 heteroatoms. The summed E-state index contributed by atoms with van der Waals surface area (Å²) in [5.74, 6) is -0.0113. The van der Waals surface area contributed by atoms with Crippen molar-refractivity contribution in [3.63, 3.8) is 0 Å². The van der Waals surface area contributed by atoms with Crippen molar-refractivity contribution in [3.05, 3.63) is 86.3 Å². The minimum absolute atomic E-state index is 0.0113. The Morgan fingerprint density at radius 1 is 1.07 bits per heavy atom. The number of thiazole rings is 1. The maximum atomic E-state index is 14.5. The van der Waals surface area contributed by atoms with Crippen LogP contribution < -0.4 is 10.2 Å². The van der Waals surface area contributed by atoms with Crippen molar-refractivity contribution in [2.45, 2.75) is 26.7 Å². The smallest absolute Gasteiger partial charge is 0.255 e. The Morgan fingerprint density at radius 3 is 2.48 bits per heavy atom. The number of carbonyl (C=O) groups is 1. The molecule has 2 aromatic carbocycles. The number of para-hydroxylation sites is 1. The van der Waals surface area contributed by atoms with E-state index in [1.165, 1.54) is 11.1 Å². The van der Waals surface area contributed by atoms with Gasteiger partial charge in [0.25, 0.3) is 5.91 Å². The number of methoxy groups -OCH3 is 1. The fraction of sp³-hybridized carbons (Fsp3) is 0.412. The molecule has 1 N–H and O–H groups in total. The first-order valence-electron chi connectivity index (χ1n) is 15.2. The number of amides is 1. The number of halogens is 1. The average molecular weight is 637 g/mol. The van der Waals surface area contributed by atoms with Gasteiger partial charge >= 0.3 is 0 Å². The Hall–Kier alpha value is -3.05. The van der Waals surface area contributed by atoms with Gasteiger partial charge in [-0.25, -0.2) is 4.98 Å². The molecule has 3 heterocycles. The van der Waals surface area contributed by atoms with Crippen LogP contribution in [-0.4, -0.2) is 82.2 Å². The first-order valence-corrected chi connectivity index (χ1v) is 16.5. The van der Waals surface area contributed by atoms with Gasteiger partial charge in [0.2, 0.25) is 0 Å². The number of anilines is 1. The van der Waals surface area contributed by atoms with Gasteiger partial charge in [0, 0.05) is 60.5 Å². The lowest BCUT2D eigenvalue weighted by Crippen LogP contribution is -2.47. The summed E-state index contributed by atoms with van der Waals surface area (Å²) < 4.78 is 17.9. The van der Waals surface area contributed by atoms with Crippen LogP contribution in [0.4, 0.5) is 5.69 Å². The number of aryl methyl sites for hydroxylation is 2. The maximum Gasteiger partial charge on any atom is 0.255 e. The molecule has 0 radical (unpaired) electrons. The molecule has 1 amide bonds. The molecule has 3 aromatic rings. The van der Waals surface area contributed by atoms with Crippen molar-refractivity contribution in [1.82, 2.24) is 15.2 Å². The van der Waals surface area contributed by atoms with E-state index in [1.807, 2.05) is 40.6 Å². The number of benzene rings is 2. The summed E-state index contributed by atoms with van der Waals surface area (Å²) in [4.78, 5) is 23.5. The third kappa shape index (κ3) is 7.59. The number of nitrogens with one attached hydrogen (secondary N) is 1. The van der Waals surface area contributed by atoms with Gasteiger partial charge in [-0.3, -0.25) is 4.79 Å². The maximum absolute atomic E-state index is 14.5.